The summed E-state index contributed by atoms with van der Waals surface area (Å²) < 4.78 is 13.2. The molecular weight excluding hydrogens is 773 g/mol. The standard InChI is InChI=1S/C24H32N4O3.C23H30N4O3/c1-7-11-27(17(2)29)20-8-9-22-21(14-20)18(13-19-15-26(6)16-25-19)10-12-28(22)23(30)31-24(3,4)5;1-6-10-26(16(2)28)19-7-8-21-20(13-19)17(12-18-14-24-15-25-18)9-11-27(21)22(29)30-23(3,4)5/h8-9,13-16H,7,10-12H2,1-6H3;7-8,12-15H,6,9-11H2,1-5H3,(H,24,25)/b18-13+;17-12+. The minimum Gasteiger partial charge on any atom is -0.443 e. The number of aryl methyl sites for hydroxylation is 1. The smallest absolute Gasteiger partial charge is 0.414 e. The van der Waals surface area contributed by atoms with E-state index < -0.39 is 11.2 Å². The van der Waals surface area contributed by atoms with Crippen LogP contribution in [0.4, 0.5) is 32.3 Å². The van der Waals surface area contributed by atoms with Gasteiger partial charge in [-0.3, -0.25) is 19.4 Å². The van der Waals surface area contributed by atoms with Crippen molar-refractivity contribution in [2.75, 3.05) is 45.8 Å². The third kappa shape index (κ3) is 12.0. The number of H-pyrrole nitrogens is 1. The number of nitrogens with zero attached hydrogens (tertiary/aromatic N) is 7. The molecule has 61 heavy (non-hydrogen) atoms. The van der Waals surface area contributed by atoms with E-state index in [9.17, 15) is 19.2 Å². The summed E-state index contributed by atoms with van der Waals surface area (Å²) in [5, 5.41) is 0. The largest absolute Gasteiger partial charge is 0.443 e. The lowest BCUT2D eigenvalue weighted by Crippen LogP contribution is -2.39. The maximum Gasteiger partial charge on any atom is 0.414 e. The summed E-state index contributed by atoms with van der Waals surface area (Å²) in [4.78, 5) is 68.6. The molecule has 2 aliphatic heterocycles. The lowest BCUT2D eigenvalue weighted by molar-refractivity contribution is -0.117. The van der Waals surface area contributed by atoms with Crippen molar-refractivity contribution in [3.05, 3.63) is 84.0 Å². The zero-order valence-electron chi connectivity index (χ0n) is 37.7. The van der Waals surface area contributed by atoms with Gasteiger partial charge in [-0.1, -0.05) is 13.8 Å². The number of rotatable bonds is 8. The van der Waals surface area contributed by atoms with E-state index in [1.54, 1.807) is 52.3 Å². The monoisotopic (exact) mass is 834 g/mol. The number of imidazole rings is 2. The molecular formula is C47H62N8O6. The summed E-state index contributed by atoms with van der Waals surface area (Å²) in [7, 11) is 1.93. The Labute approximate surface area is 360 Å². The van der Waals surface area contributed by atoms with Gasteiger partial charge in [0.1, 0.15) is 11.2 Å². The second-order valence-corrected chi connectivity index (χ2v) is 17.3. The Hall–Kier alpha value is -6.18. The van der Waals surface area contributed by atoms with Crippen LogP contribution in [0.5, 0.6) is 0 Å². The van der Waals surface area contributed by atoms with Gasteiger partial charge in [0.25, 0.3) is 0 Å². The molecule has 0 saturated heterocycles. The summed E-state index contributed by atoms with van der Waals surface area (Å²) in [5.41, 5.74) is 7.81. The molecule has 1 N–H and O–H groups in total. The predicted molar refractivity (Wildman–Crippen MR) is 243 cm³/mol. The molecule has 0 fully saturated rings. The predicted octanol–water partition coefficient (Wildman–Crippen LogP) is 9.73. The first-order valence-electron chi connectivity index (χ1n) is 21.0. The second-order valence-electron chi connectivity index (χ2n) is 17.3. The molecule has 0 unspecified atom stereocenters. The van der Waals surface area contributed by atoms with Crippen LogP contribution in [0.3, 0.4) is 0 Å². The first kappa shape index (κ1) is 45.9. The van der Waals surface area contributed by atoms with Crippen LogP contribution in [-0.4, -0.2) is 80.9 Å². The quantitative estimate of drug-likeness (QED) is 0.185. The maximum atomic E-state index is 12.9. The average Bonchev–Trinajstić information content (AvgIpc) is 3.85. The van der Waals surface area contributed by atoms with Crippen LogP contribution in [0.1, 0.15) is 117 Å². The second kappa shape index (κ2) is 19.5. The number of nitrogens with one attached hydrogen (secondary N) is 1. The highest BCUT2D eigenvalue weighted by Crippen LogP contribution is 2.40. The zero-order chi connectivity index (χ0) is 44.6. The number of benzene rings is 2. The minimum absolute atomic E-state index is 0.00290. The molecule has 2 aliphatic rings. The van der Waals surface area contributed by atoms with Crippen LogP contribution in [0.25, 0.3) is 23.3 Å². The van der Waals surface area contributed by atoms with Gasteiger partial charge < -0.3 is 28.8 Å². The van der Waals surface area contributed by atoms with E-state index in [-0.39, 0.29) is 24.0 Å². The first-order valence-corrected chi connectivity index (χ1v) is 21.0. The van der Waals surface area contributed by atoms with E-state index in [0.717, 1.165) is 69.3 Å². The van der Waals surface area contributed by atoms with E-state index in [2.05, 4.69) is 15.0 Å². The molecule has 326 valence electrons. The van der Waals surface area contributed by atoms with Gasteiger partial charge in [0.15, 0.2) is 0 Å². The van der Waals surface area contributed by atoms with E-state index in [0.29, 0.717) is 39.0 Å². The molecule has 0 spiro atoms. The topological polar surface area (TPSA) is 146 Å². The lowest BCUT2D eigenvalue weighted by Gasteiger charge is -2.33. The van der Waals surface area contributed by atoms with Gasteiger partial charge in [-0.05, 0) is 127 Å². The Kier molecular flexibility index (Phi) is 14.6. The van der Waals surface area contributed by atoms with Gasteiger partial charge in [-0.15, -0.1) is 0 Å². The average molecular weight is 835 g/mol. The van der Waals surface area contributed by atoms with Crippen molar-refractivity contribution >= 4 is 70.0 Å². The van der Waals surface area contributed by atoms with Crippen molar-refractivity contribution in [3.63, 3.8) is 0 Å². The number of aromatic amines is 1. The number of fused-ring (bicyclic) bond motifs is 2. The summed E-state index contributed by atoms with van der Waals surface area (Å²) in [6, 6.07) is 11.6. The number of hydrogen-bond acceptors (Lipinski definition) is 8. The van der Waals surface area contributed by atoms with Crippen LogP contribution >= 0.6 is 0 Å². The molecule has 2 aromatic carbocycles. The third-order valence-electron chi connectivity index (χ3n) is 9.85. The molecule has 14 heteroatoms. The van der Waals surface area contributed by atoms with Crippen molar-refractivity contribution in [2.45, 2.75) is 106 Å². The van der Waals surface area contributed by atoms with E-state index in [4.69, 9.17) is 9.47 Å². The fourth-order valence-electron chi connectivity index (χ4n) is 7.26. The zero-order valence-corrected chi connectivity index (χ0v) is 37.7. The summed E-state index contributed by atoms with van der Waals surface area (Å²) >= 11 is 0. The van der Waals surface area contributed by atoms with Gasteiger partial charge in [0.05, 0.1) is 41.6 Å². The fraction of sp³-hybridized carbons (Fsp3) is 0.447. The van der Waals surface area contributed by atoms with E-state index in [1.165, 1.54) is 0 Å². The highest BCUT2D eigenvalue weighted by atomic mass is 16.6. The highest BCUT2D eigenvalue weighted by molar-refractivity contribution is 6.01. The summed E-state index contributed by atoms with van der Waals surface area (Å²) in [5.74, 6) is -0.00688. The van der Waals surface area contributed by atoms with Crippen LogP contribution in [0.15, 0.2) is 61.4 Å². The molecule has 14 nitrogen and oxygen atoms in total. The van der Waals surface area contributed by atoms with Crippen molar-refractivity contribution in [3.8, 4) is 0 Å². The van der Waals surface area contributed by atoms with E-state index >= 15 is 0 Å². The van der Waals surface area contributed by atoms with Crippen molar-refractivity contribution in [1.29, 1.82) is 0 Å². The van der Waals surface area contributed by atoms with E-state index in [1.807, 2.05) is 122 Å². The molecule has 4 heterocycles. The molecule has 0 radical (unpaired) electrons. The van der Waals surface area contributed by atoms with Crippen LogP contribution in [0.2, 0.25) is 0 Å². The van der Waals surface area contributed by atoms with Crippen LogP contribution in [-0.2, 0) is 26.1 Å². The number of carbonyl (C=O) groups is 4. The summed E-state index contributed by atoms with van der Waals surface area (Å²) in [6.45, 7) is 20.7. The van der Waals surface area contributed by atoms with Gasteiger partial charge in [0.2, 0.25) is 11.8 Å². The number of amides is 4. The lowest BCUT2D eigenvalue weighted by atomic mass is 9.94. The van der Waals surface area contributed by atoms with Gasteiger partial charge in [0, 0.05) is 75.8 Å². The number of carbonyl (C=O) groups excluding carboxylic acids is 4. The van der Waals surface area contributed by atoms with Crippen molar-refractivity contribution in [1.82, 2.24) is 19.5 Å². The number of aromatic nitrogens is 4. The van der Waals surface area contributed by atoms with Gasteiger partial charge >= 0.3 is 12.2 Å². The van der Waals surface area contributed by atoms with Crippen molar-refractivity contribution in [2.24, 2.45) is 7.05 Å². The molecule has 4 amide bonds. The normalized spacial score (nSPS) is 15.1. The van der Waals surface area contributed by atoms with Gasteiger partial charge in [-0.2, -0.15) is 0 Å². The molecule has 0 saturated carbocycles. The third-order valence-corrected chi connectivity index (χ3v) is 9.85. The Balaban J connectivity index is 0.000000231. The molecule has 2 aromatic heterocycles. The Morgan fingerprint density at radius 3 is 1.61 bits per heavy atom. The molecule has 0 aliphatic carbocycles. The SMILES string of the molecule is CCCN(C(C)=O)c1ccc2c(c1)/C(=C/c1cn(C)cn1)CCN2C(=O)OC(C)(C)C.CCCN(C(C)=O)c1ccc2c(c1)/C(=C/c1cnc[nH]1)CCN2C(=O)OC(C)(C)C. The Morgan fingerprint density at radius 1 is 0.754 bits per heavy atom. The maximum absolute atomic E-state index is 12.9. The Morgan fingerprint density at radius 2 is 1.23 bits per heavy atom. The number of hydrogen-bond donors (Lipinski definition) is 1. The fourth-order valence-corrected chi connectivity index (χ4v) is 7.26. The summed E-state index contributed by atoms with van der Waals surface area (Å²) in [6.07, 6.45) is 13.5. The van der Waals surface area contributed by atoms with Crippen molar-refractivity contribution < 1.29 is 28.7 Å². The molecule has 6 rings (SSSR count). The number of ether oxygens (including phenoxy) is 2. The molecule has 0 bridgehead atoms. The highest BCUT2D eigenvalue weighted by Gasteiger charge is 2.32. The Bertz CT molecular complexity index is 2260. The number of anilines is 4. The molecule has 4 aromatic rings. The van der Waals surface area contributed by atoms with Crippen LogP contribution in [0, 0.1) is 0 Å². The first-order chi connectivity index (χ1) is 28.8. The minimum atomic E-state index is -0.576. The van der Waals surface area contributed by atoms with Crippen LogP contribution < -0.4 is 19.6 Å². The molecule has 0 atom stereocenters. The van der Waals surface area contributed by atoms with Gasteiger partial charge in [-0.25, -0.2) is 19.6 Å².